The molecule has 2 aromatic rings. The van der Waals surface area contributed by atoms with E-state index in [1.807, 2.05) is 35.4 Å². The number of hydrogen-bond donors (Lipinski definition) is 1. The standard InChI is InChI=1S/C23H24N4O2/c24-23(8-9-23)22(29)27-13-11-26(12-14-27)21(28)18-4-1-16(2-5-18)19-6-3-17-7-10-25-20(17)15-19/h1-6,10,15H,7-9,11-14,24H2. The molecule has 1 saturated carbocycles. The summed E-state index contributed by atoms with van der Waals surface area (Å²) in [7, 11) is 0. The molecule has 2 amide bonds. The highest BCUT2D eigenvalue weighted by Gasteiger charge is 2.48. The molecule has 3 aliphatic rings. The number of nitrogens with zero attached hydrogens (tertiary/aromatic N) is 3. The minimum Gasteiger partial charge on any atom is -0.338 e. The molecule has 0 radical (unpaired) electrons. The monoisotopic (exact) mass is 388 g/mol. The van der Waals surface area contributed by atoms with Crippen LogP contribution in [0, 0.1) is 0 Å². The lowest BCUT2D eigenvalue weighted by molar-refractivity contribution is -0.135. The number of nitrogens with two attached hydrogens (primary N) is 1. The van der Waals surface area contributed by atoms with Crippen molar-refractivity contribution in [1.82, 2.24) is 9.80 Å². The van der Waals surface area contributed by atoms with Crippen LogP contribution in [-0.4, -0.2) is 59.5 Å². The molecule has 0 bridgehead atoms. The van der Waals surface area contributed by atoms with Crippen LogP contribution in [0.1, 0.15) is 28.8 Å². The molecule has 2 heterocycles. The van der Waals surface area contributed by atoms with E-state index in [-0.39, 0.29) is 11.8 Å². The predicted molar refractivity (Wildman–Crippen MR) is 112 cm³/mol. The van der Waals surface area contributed by atoms with Gasteiger partial charge in [-0.3, -0.25) is 14.6 Å². The molecule has 2 aromatic carbocycles. The first-order chi connectivity index (χ1) is 14.0. The molecule has 1 aliphatic carbocycles. The van der Waals surface area contributed by atoms with E-state index in [1.165, 1.54) is 5.56 Å². The maximum atomic E-state index is 12.9. The van der Waals surface area contributed by atoms with Gasteiger partial charge in [-0.2, -0.15) is 0 Å². The van der Waals surface area contributed by atoms with Crippen LogP contribution in [0.2, 0.25) is 0 Å². The molecular weight excluding hydrogens is 364 g/mol. The predicted octanol–water partition coefficient (Wildman–Crippen LogP) is 2.39. The van der Waals surface area contributed by atoms with Crippen LogP contribution >= 0.6 is 0 Å². The van der Waals surface area contributed by atoms with Crippen LogP contribution in [0.25, 0.3) is 11.1 Å². The van der Waals surface area contributed by atoms with Crippen LogP contribution in [0.15, 0.2) is 47.5 Å². The Balaban J connectivity index is 1.24. The summed E-state index contributed by atoms with van der Waals surface area (Å²) < 4.78 is 0. The van der Waals surface area contributed by atoms with Crippen molar-refractivity contribution in [2.75, 3.05) is 26.2 Å². The smallest absolute Gasteiger partial charge is 0.253 e. The normalized spacial score (nSPS) is 19.2. The van der Waals surface area contributed by atoms with Gasteiger partial charge in [0.15, 0.2) is 0 Å². The van der Waals surface area contributed by atoms with Gasteiger partial charge in [0.1, 0.15) is 0 Å². The molecule has 29 heavy (non-hydrogen) atoms. The maximum absolute atomic E-state index is 12.9. The second kappa shape index (κ2) is 6.81. The quantitative estimate of drug-likeness (QED) is 0.877. The molecule has 6 nitrogen and oxygen atoms in total. The minimum absolute atomic E-state index is 0.0103. The average Bonchev–Trinajstić information content (AvgIpc) is 3.34. The molecule has 0 spiro atoms. The Morgan fingerprint density at radius 2 is 1.55 bits per heavy atom. The Bertz CT molecular complexity index is 1000. The largest absolute Gasteiger partial charge is 0.338 e. The Morgan fingerprint density at radius 3 is 2.24 bits per heavy atom. The Kier molecular flexibility index (Phi) is 4.24. The van der Waals surface area contributed by atoms with Crippen LogP contribution in [0.4, 0.5) is 5.69 Å². The van der Waals surface area contributed by atoms with Crippen LogP contribution < -0.4 is 5.73 Å². The minimum atomic E-state index is -0.634. The van der Waals surface area contributed by atoms with Crippen molar-refractivity contribution in [2.24, 2.45) is 10.7 Å². The Morgan fingerprint density at radius 1 is 0.897 bits per heavy atom. The third kappa shape index (κ3) is 3.34. The van der Waals surface area contributed by atoms with E-state index in [0.717, 1.165) is 36.1 Å². The zero-order valence-corrected chi connectivity index (χ0v) is 16.3. The van der Waals surface area contributed by atoms with Gasteiger partial charge in [-0.15, -0.1) is 0 Å². The lowest BCUT2D eigenvalue weighted by atomic mass is 10.0. The number of amides is 2. The summed E-state index contributed by atoms with van der Waals surface area (Å²) in [6.45, 7) is 2.20. The molecule has 0 aromatic heterocycles. The van der Waals surface area contributed by atoms with Gasteiger partial charge in [0.05, 0.1) is 11.2 Å². The van der Waals surface area contributed by atoms with Gasteiger partial charge in [0.2, 0.25) is 5.91 Å². The number of piperazine rings is 1. The molecule has 148 valence electrons. The van der Waals surface area contributed by atoms with E-state index in [1.54, 1.807) is 4.90 Å². The van der Waals surface area contributed by atoms with Crippen molar-refractivity contribution >= 4 is 23.7 Å². The SMILES string of the molecule is NC1(C(=O)N2CCN(C(=O)c3ccc(-c4ccc5c(c4)N=CC5)cc3)CC2)CC1. The Hall–Kier alpha value is -2.99. The summed E-state index contributed by atoms with van der Waals surface area (Å²) in [5, 5.41) is 0. The number of carbonyl (C=O) groups is 2. The number of aliphatic imine (C=N–C) groups is 1. The fourth-order valence-electron chi connectivity index (χ4n) is 4.04. The lowest BCUT2D eigenvalue weighted by Gasteiger charge is -2.36. The van der Waals surface area contributed by atoms with Crippen molar-refractivity contribution in [3.05, 3.63) is 53.6 Å². The van der Waals surface area contributed by atoms with Crippen LogP contribution in [0.3, 0.4) is 0 Å². The number of fused-ring (bicyclic) bond motifs is 1. The van der Waals surface area contributed by atoms with Crippen molar-refractivity contribution in [3.63, 3.8) is 0 Å². The lowest BCUT2D eigenvalue weighted by Crippen LogP contribution is -2.55. The van der Waals surface area contributed by atoms with E-state index in [4.69, 9.17) is 5.73 Å². The Labute approximate surface area is 170 Å². The first-order valence-corrected chi connectivity index (χ1v) is 10.2. The molecule has 1 saturated heterocycles. The second-order valence-electron chi connectivity index (χ2n) is 8.18. The van der Waals surface area contributed by atoms with Gasteiger partial charge in [-0.05, 0) is 47.7 Å². The third-order valence-electron chi connectivity index (χ3n) is 6.16. The van der Waals surface area contributed by atoms with Crippen LogP contribution in [-0.2, 0) is 11.2 Å². The summed E-state index contributed by atoms with van der Waals surface area (Å²) in [5.74, 6) is 0.0451. The van der Waals surface area contributed by atoms with Crippen LogP contribution in [0.5, 0.6) is 0 Å². The summed E-state index contributed by atoms with van der Waals surface area (Å²) in [6, 6.07) is 14.0. The third-order valence-corrected chi connectivity index (χ3v) is 6.16. The van der Waals surface area contributed by atoms with Crippen molar-refractivity contribution in [1.29, 1.82) is 0 Å². The second-order valence-corrected chi connectivity index (χ2v) is 8.18. The molecule has 5 rings (SSSR count). The average molecular weight is 388 g/mol. The zero-order valence-electron chi connectivity index (χ0n) is 16.3. The van der Waals surface area contributed by atoms with Gasteiger partial charge in [-0.1, -0.05) is 24.3 Å². The van der Waals surface area contributed by atoms with Crippen molar-refractivity contribution in [3.8, 4) is 11.1 Å². The fraction of sp³-hybridized carbons (Fsp3) is 0.348. The molecule has 0 atom stereocenters. The van der Waals surface area contributed by atoms with Gasteiger partial charge < -0.3 is 15.5 Å². The topological polar surface area (TPSA) is 79.0 Å². The van der Waals surface area contributed by atoms with E-state index in [0.29, 0.717) is 31.7 Å². The van der Waals surface area contributed by atoms with Gasteiger partial charge in [0, 0.05) is 44.4 Å². The van der Waals surface area contributed by atoms with E-state index < -0.39 is 5.54 Å². The van der Waals surface area contributed by atoms with Gasteiger partial charge in [0.25, 0.3) is 5.91 Å². The highest BCUT2D eigenvalue weighted by molar-refractivity contribution is 5.95. The van der Waals surface area contributed by atoms with Gasteiger partial charge in [-0.25, -0.2) is 0 Å². The zero-order chi connectivity index (χ0) is 20.0. The first kappa shape index (κ1) is 18.1. The summed E-state index contributed by atoms with van der Waals surface area (Å²) in [5.41, 5.74) is 10.5. The molecule has 2 aliphatic heterocycles. The molecular formula is C23H24N4O2. The first-order valence-electron chi connectivity index (χ1n) is 10.2. The number of carbonyl (C=O) groups excluding carboxylic acids is 2. The fourth-order valence-corrected chi connectivity index (χ4v) is 4.04. The van der Waals surface area contributed by atoms with Crippen molar-refractivity contribution in [2.45, 2.75) is 24.8 Å². The number of rotatable bonds is 3. The number of hydrogen-bond acceptors (Lipinski definition) is 4. The number of benzene rings is 2. The maximum Gasteiger partial charge on any atom is 0.253 e. The molecule has 2 N–H and O–H groups in total. The summed E-state index contributed by atoms with van der Waals surface area (Å²) in [6.07, 6.45) is 4.37. The summed E-state index contributed by atoms with van der Waals surface area (Å²) >= 11 is 0. The van der Waals surface area contributed by atoms with E-state index >= 15 is 0 Å². The van der Waals surface area contributed by atoms with Crippen molar-refractivity contribution < 1.29 is 9.59 Å². The van der Waals surface area contributed by atoms with E-state index in [9.17, 15) is 9.59 Å². The molecule has 6 heteroatoms. The highest BCUT2D eigenvalue weighted by Crippen LogP contribution is 2.34. The summed E-state index contributed by atoms with van der Waals surface area (Å²) in [4.78, 5) is 33.3. The van der Waals surface area contributed by atoms with Gasteiger partial charge >= 0.3 is 0 Å². The van der Waals surface area contributed by atoms with E-state index in [2.05, 4.69) is 23.2 Å². The molecule has 2 fully saturated rings. The highest BCUT2D eigenvalue weighted by atomic mass is 16.2. The molecule has 0 unspecified atom stereocenters.